The number of nitrogens with one attached hydrogen (secondary N) is 3. The van der Waals surface area contributed by atoms with E-state index < -0.39 is 0 Å². The summed E-state index contributed by atoms with van der Waals surface area (Å²) in [5.74, 6) is -1.33. The normalized spacial score (nSPS) is 12.9. The number of fused-ring (bicyclic) bond motifs is 2. The van der Waals surface area contributed by atoms with Crippen molar-refractivity contribution >= 4 is 34.7 Å². The number of benzene rings is 2. The van der Waals surface area contributed by atoms with Crippen LogP contribution in [0.15, 0.2) is 48.8 Å². The lowest BCUT2D eigenvalue weighted by atomic mass is 10.1. The summed E-state index contributed by atoms with van der Waals surface area (Å²) in [5.41, 5.74) is 2.75. The number of imide groups is 1. The van der Waals surface area contributed by atoms with Crippen molar-refractivity contribution in [2.45, 2.75) is 6.42 Å². The Kier molecular flexibility index (Phi) is 5.25. The molecule has 4 amide bonds. The van der Waals surface area contributed by atoms with Crippen molar-refractivity contribution in [2.75, 3.05) is 19.6 Å². The van der Waals surface area contributed by atoms with Gasteiger partial charge in [0.1, 0.15) is 0 Å². The summed E-state index contributed by atoms with van der Waals surface area (Å²) < 4.78 is 0. The van der Waals surface area contributed by atoms with Crippen LogP contribution in [0.4, 0.5) is 0 Å². The lowest BCUT2D eigenvalue weighted by molar-refractivity contribution is -0.121. The summed E-state index contributed by atoms with van der Waals surface area (Å²) in [5, 5.41) is 5.40. The molecular weight excluding hydrogens is 386 g/mol. The van der Waals surface area contributed by atoms with Crippen LogP contribution in [0.3, 0.4) is 0 Å². The first-order chi connectivity index (χ1) is 14.5. The molecule has 3 N–H and O–H groups in total. The summed E-state index contributed by atoms with van der Waals surface area (Å²) in [7, 11) is 0. The molecule has 3 aromatic rings. The van der Waals surface area contributed by atoms with Gasteiger partial charge in [0.25, 0.3) is 17.7 Å². The molecule has 9 nitrogen and oxygen atoms in total. The van der Waals surface area contributed by atoms with Crippen molar-refractivity contribution in [3.05, 3.63) is 65.5 Å². The first-order valence-corrected chi connectivity index (χ1v) is 9.48. The molecule has 4 rings (SSSR count). The second kappa shape index (κ2) is 8.16. The molecule has 0 radical (unpaired) electrons. The van der Waals surface area contributed by atoms with E-state index in [1.165, 1.54) is 0 Å². The standard InChI is InChI=1S/C21H19N5O4/c27-18(7-10-26-20(29)14-3-1-2-4-15(14)21(26)30)22-8-9-23-19(28)13-5-6-16-17(11-13)25-12-24-16/h1-6,11-12H,7-10H2,(H,22,27)(H,23,28)(H,24,25). The number of rotatable bonds is 7. The van der Waals surface area contributed by atoms with Crippen LogP contribution in [0.2, 0.25) is 0 Å². The van der Waals surface area contributed by atoms with Gasteiger partial charge in [-0.1, -0.05) is 12.1 Å². The predicted molar refractivity (Wildman–Crippen MR) is 108 cm³/mol. The maximum atomic E-state index is 12.3. The molecule has 0 fully saturated rings. The van der Waals surface area contributed by atoms with E-state index in [2.05, 4.69) is 20.6 Å². The third-order valence-electron chi connectivity index (χ3n) is 4.86. The molecule has 0 atom stereocenters. The number of aromatic nitrogens is 2. The number of hydrogen-bond acceptors (Lipinski definition) is 5. The minimum absolute atomic E-state index is 0.00406. The second-order valence-electron chi connectivity index (χ2n) is 6.80. The Bertz CT molecular complexity index is 1120. The van der Waals surface area contributed by atoms with Gasteiger partial charge < -0.3 is 15.6 Å². The quantitative estimate of drug-likeness (QED) is 0.401. The summed E-state index contributed by atoms with van der Waals surface area (Å²) in [6.07, 6.45) is 1.56. The Morgan fingerprint density at radius 2 is 1.67 bits per heavy atom. The minimum Gasteiger partial charge on any atom is -0.354 e. The van der Waals surface area contributed by atoms with Crippen LogP contribution < -0.4 is 10.6 Å². The van der Waals surface area contributed by atoms with Gasteiger partial charge in [-0.25, -0.2) is 4.98 Å². The van der Waals surface area contributed by atoms with Crippen molar-refractivity contribution in [1.29, 1.82) is 0 Å². The molecule has 9 heteroatoms. The van der Waals surface area contributed by atoms with E-state index in [9.17, 15) is 19.2 Å². The van der Waals surface area contributed by atoms with Crippen LogP contribution in [0, 0.1) is 0 Å². The highest BCUT2D eigenvalue weighted by molar-refractivity contribution is 6.21. The molecular formula is C21H19N5O4. The zero-order chi connectivity index (χ0) is 21.1. The summed E-state index contributed by atoms with van der Waals surface area (Å²) in [6.45, 7) is 0.492. The Morgan fingerprint density at radius 1 is 0.967 bits per heavy atom. The highest BCUT2D eigenvalue weighted by atomic mass is 16.2. The number of aromatic amines is 1. The fourth-order valence-electron chi connectivity index (χ4n) is 3.30. The van der Waals surface area contributed by atoms with Crippen molar-refractivity contribution in [1.82, 2.24) is 25.5 Å². The van der Waals surface area contributed by atoms with E-state index in [0.29, 0.717) is 16.7 Å². The minimum atomic E-state index is -0.384. The molecule has 0 bridgehead atoms. The number of carbonyl (C=O) groups is 4. The highest BCUT2D eigenvalue weighted by Gasteiger charge is 2.34. The molecule has 0 unspecified atom stereocenters. The molecule has 0 saturated heterocycles. The van der Waals surface area contributed by atoms with E-state index in [1.54, 1.807) is 48.8 Å². The molecule has 30 heavy (non-hydrogen) atoms. The number of hydrogen-bond donors (Lipinski definition) is 3. The number of amides is 4. The van der Waals surface area contributed by atoms with E-state index in [-0.39, 0.29) is 49.7 Å². The van der Waals surface area contributed by atoms with E-state index in [0.717, 1.165) is 15.9 Å². The number of carbonyl (C=O) groups excluding carboxylic acids is 4. The molecule has 2 aromatic carbocycles. The third-order valence-corrected chi connectivity index (χ3v) is 4.86. The molecule has 2 heterocycles. The van der Waals surface area contributed by atoms with Gasteiger partial charge in [0.05, 0.1) is 28.5 Å². The Labute approximate surface area is 171 Å². The monoisotopic (exact) mass is 405 g/mol. The van der Waals surface area contributed by atoms with Crippen LogP contribution in [0.5, 0.6) is 0 Å². The van der Waals surface area contributed by atoms with Gasteiger partial charge in [0, 0.05) is 31.6 Å². The van der Waals surface area contributed by atoms with Crippen LogP contribution >= 0.6 is 0 Å². The molecule has 1 aliphatic heterocycles. The van der Waals surface area contributed by atoms with Crippen molar-refractivity contribution < 1.29 is 19.2 Å². The summed E-state index contributed by atoms with van der Waals surface area (Å²) >= 11 is 0. The Hall–Kier alpha value is -4.01. The second-order valence-corrected chi connectivity index (χ2v) is 6.80. The fourth-order valence-corrected chi connectivity index (χ4v) is 3.30. The van der Waals surface area contributed by atoms with Gasteiger partial charge in [-0.05, 0) is 30.3 Å². The molecule has 1 aliphatic rings. The average molecular weight is 405 g/mol. The molecule has 152 valence electrons. The van der Waals surface area contributed by atoms with Gasteiger partial charge in [0.2, 0.25) is 5.91 Å². The van der Waals surface area contributed by atoms with Gasteiger partial charge in [-0.2, -0.15) is 0 Å². The van der Waals surface area contributed by atoms with E-state index >= 15 is 0 Å². The van der Waals surface area contributed by atoms with Gasteiger partial charge in [0.15, 0.2) is 0 Å². The molecule has 0 aliphatic carbocycles. The first kappa shape index (κ1) is 19.3. The average Bonchev–Trinajstić information content (AvgIpc) is 3.32. The number of nitrogens with zero attached hydrogens (tertiary/aromatic N) is 2. The summed E-state index contributed by atoms with van der Waals surface area (Å²) in [6, 6.07) is 11.7. The van der Waals surface area contributed by atoms with Gasteiger partial charge in [-0.15, -0.1) is 0 Å². The number of imidazole rings is 1. The van der Waals surface area contributed by atoms with Crippen LogP contribution in [-0.2, 0) is 4.79 Å². The largest absolute Gasteiger partial charge is 0.354 e. The highest BCUT2D eigenvalue weighted by Crippen LogP contribution is 2.22. The fraction of sp³-hybridized carbons (Fsp3) is 0.190. The summed E-state index contributed by atoms with van der Waals surface area (Å²) in [4.78, 5) is 56.9. The maximum absolute atomic E-state index is 12.3. The maximum Gasteiger partial charge on any atom is 0.261 e. The van der Waals surface area contributed by atoms with Crippen LogP contribution in [0.1, 0.15) is 37.5 Å². The lowest BCUT2D eigenvalue weighted by Crippen LogP contribution is -2.37. The Morgan fingerprint density at radius 3 is 2.40 bits per heavy atom. The van der Waals surface area contributed by atoms with Crippen LogP contribution in [0.25, 0.3) is 11.0 Å². The lowest BCUT2D eigenvalue weighted by Gasteiger charge is -2.13. The topological polar surface area (TPSA) is 124 Å². The van der Waals surface area contributed by atoms with Crippen LogP contribution in [-0.4, -0.2) is 58.1 Å². The molecule has 0 saturated carbocycles. The third kappa shape index (κ3) is 3.77. The molecule has 1 aromatic heterocycles. The molecule has 0 spiro atoms. The Balaban J connectivity index is 1.20. The van der Waals surface area contributed by atoms with Crippen molar-refractivity contribution in [3.63, 3.8) is 0 Å². The van der Waals surface area contributed by atoms with Crippen molar-refractivity contribution in [3.8, 4) is 0 Å². The van der Waals surface area contributed by atoms with E-state index in [1.807, 2.05) is 0 Å². The van der Waals surface area contributed by atoms with Crippen molar-refractivity contribution in [2.24, 2.45) is 0 Å². The zero-order valence-corrected chi connectivity index (χ0v) is 16.0. The van der Waals surface area contributed by atoms with E-state index in [4.69, 9.17) is 0 Å². The smallest absolute Gasteiger partial charge is 0.261 e. The van der Waals surface area contributed by atoms with Gasteiger partial charge >= 0.3 is 0 Å². The SMILES string of the molecule is O=C(CCN1C(=O)c2ccccc2C1=O)NCCNC(=O)c1ccc2nc[nH]c2c1. The first-order valence-electron chi connectivity index (χ1n) is 9.48. The zero-order valence-electron chi connectivity index (χ0n) is 16.0. The predicted octanol–water partition coefficient (Wildman–Crippen LogP) is 1.10. The number of H-pyrrole nitrogens is 1. The van der Waals surface area contributed by atoms with Gasteiger partial charge in [-0.3, -0.25) is 24.1 Å².